The Morgan fingerprint density at radius 1 is 1.06 bits per heavy atom. The smallest absolute Gasteiger partial charge is 0.422 e. The van der Waals surface area contributed by atoms with Crippen molar-refractivity contribution in [2.45, 2.75) is 57.6 Å². The van der Waals surface area contributed by atoms with E-state index in [0.717, 1.165) is 44.0 Å². The summed E-state index contributed by atoms with van der Waals surface area (Å²) in [4.78, 5) is 4.41. The van der Waals surface area contributed by atoms with Gasteiger partial charge in [0.05, 0.1) is 18.2 Å². The Balaban J connectivity index is 2.34. The van der Waals surface area contributed by atoms with Crippen molar-refractivity contribution in [1.29, 1.82) is 0 Å². The molecule has 5 nitrogen and oxygen atoms in total. The number of rotatable bonds is 8. The predicted molar refractivity (Wildman–Crippen MR) is 103 cm³/mol. The average Bonchev–Trinajstić information content (AvgIpc) is 2.67. The van der Waals surface area contributed by atoms with Gasteiger partial charge in [0.15, 0.2) is 13.2 Å². The van der Waals surface area contributed by atoms with Gasteiger partial charge >= 0.3 is 12.4 Å². The highest BCUT2D eigenvalue weighted by Gasteiger charge is 2.31. The fourth-order valence-corrected chi connectivity index (χ4v) is 2.90. The first-order chi connectivity index (χ1) is 14.4. The number of alkyl halides is 6. The van der Waals surface area contributed by atoms with Crippen LogP contribution in [0, 0.1) is 0 Å². The highest BCUT2D eigenvalue weighted by molar-refractivity contribution is 5.97. The largest absolute Gasteiger partial charge is 0.484 e. The molecule has 1 unspecified atom stereocenters. The first-order valence-corrected chi connectivity index (χ1v) is 9.91. The fourth-order valence-electron chi connectivity index (χ4n) is 2.90. The van der Waals surface area contributed by atoms with E-state index in [1.165, 1.54) is 0 Å². The van der Waals surface area contributed by atoms with Crippen molar-refractivity contribution in [3.63, 3.8) is 0 Å². The zero-order valence-electron chi connectivity index (χ0n) is 17.3. The van der Waals surface area contributed by atoms with Crippen molar-refractivity contribution in [2.75, 3.05) is 26.3 Å². The minimum atomic E-state index is -4.59. The maximum absolute atomic E-state index is 12.7. The Kier molecular flexibility index (Phi) is 8.84. The summed E-state index contributed by atoms with van der Waals surface area (Å²) in [5.74, 6) is -0.424. The number of benzene rings is 1. The van der Waals surface area contributed by atoms with Crippen molar-refractivity contribution >= 4 is 5.90 Å². The van der Waals surface area contributed by atoms with Crippen LogP contribution in [0.25, 0.3) is 0 Å². The van der Waals surface area contributed by atoms with Gasteiger partial charge in [0, 0.05) is 6.04 Å². The van der Waals surface area contributed by atoms with Gasteiger partial charge in [-0.15, -0.1) is 0 Å². The second-order valence-corrected chi connectivity index (χ2v) is 7.42. The number of nitrogens with zero attached hydrogens (tertiary/aromatic N) is 1. The number of hydrogen-bond acceptors (Lipinski definition) is 5. The summed E-state index contributed by atoms with van der Waals surface area (Å²) >= 11 is 0. The molecule has 1 atom stereocenters. The molecule has 0 aliphatic carbocycles. The molecule has 31 heavy (non-hydrogen) atoms. The lowest BCUT2D eigenvalue weighted by atomic mass is 10.1. The number of nitrogens with one attached hydrogen (secondary N) is 1. The number of piperidine rings is 1. The first-order valence-electron chi connectivity index (χ1n) is 9.91. The van der Waals surface area contributed by atoms with Crippen LogP contribution >= 0.6 is 0 Å². The van der Waals surface area contributed by atoms with Crippen molar-refractivity contribution in [1.82, 2.24) is 5.32 Å². The van der Waals surface area contributed by atoms with E-state index in [0.29, 0.717) is 6.54 Å². The molecule has 0 saturated carbocycles. The third-order valence-electron chi connectivity index (χ3n) is 4.19. The van der Waals surface area contributed by atoms with Gasteiger partial charge in [-0.3, -0.25) is 0 Å². The summed E-state index contributed by atoms with van der Waals surface area (Å²) in [6.07, 6.45) is -6.59. The molecular weight excluding hydrogens is 430 g/mol. The summed E-state index contributed by atoms with van der Waals surface area (Å²) in [6.45, 7) is 1.43. The van der Waals surface area contributed by atoms with E-state index in [9.17, 15) is 26.3 Å². The minimum Gasteiger partial charge on any atom is -0.484 e. The zero-order chi connectivity index (χ0) is 23.1. The summed E-state index contributed by atoms with van der Waals surface area (Å²) in [7, 11) is 0. The molecule has 1 aromatic carbocycles. The summed E-state index contributed by atoms with van der Waals surface area (Å²) in [5.41, 5.74) is -0.00608. The maximum Gasteiger partial charge on any atom is 0.422 e. The molecule has 0 amide bonds. The molecular formula is C20H26F6N2O3. The number of hydrogen-bond donors (Lipinski definition) is 1. The lowest BCUT2D eigenvalue weighted by Crippen LogP contribution is -2.36. The molecule has 0 radical (unpaired) electrons. The van der Waals surface area contributed by atoms with Crippen molar-refractivity contribution in [3.05, 3.63) is 23.8 Å². The normalized spacial score (nSPS) is 18.2. The van der Waals surface area contributed by atoms with Crippen LogP contribution in [0.5, 0.6) is 11.5 Å². The lowest BCUT2D eigenvalue weighted by molar-refractivity contribution is -0.154. The third-order valence-corrected chi connectivity index (χ3v) is 4.19. The number of ether oxygens (including phenoxy) is 3. The monoisotopic (exact) mass is 456 g/mol. The maximum atomic E-state index is 12.7. The highest BCUT2D eigenvalue weighted by Crippen LogP contribution is 2.29. The van der Waals surface area contributed by atoms with Crippen LogP contribution in [-0.4, -0.2) is 56.7 Å². The average molecular weight is 456 g/mol. The summed E-state index contributed by atoms with van der Waals surface area (Å²) in [5, 5.41) is 3.29. The second-order valence-electron chi connectivity index (χ2n) is 7.42. The Bertz CT molecular complexity index is 729. The Morgan fingerprint density at radius 2 is 1.74 bits per heavy atom. The molecule has 1 fully saturated rings. The van der Waals surface area contributed by atoms with Gasteiger partial charge in [-0.1, -0.05) is 6.42 Å². The van der Waals surface area contributed by atoms with E-state index >= 15 is 0 Å². The number of halogens is 6. The Morgan fingerprint density at radius 3 is 2.32 bits per heavy atom. The van der Waals surface area contributed by atoms with Gasteiger partial charge in [-0.25, -0.2) is 4.99 Å². The van der Waals surface area contributed by atoms with E-state index in [-0.39, 0.29) is 35.1 Å². The molecule has 0 bridgehead atoms. The molecule has 0 spiro atoms. The predicted octanol–water partition coefficient (Wildman–Crippen LogP) is 4.88. The zero-order valence-corrected chi connectivity index (χ0v) is 17.3. The Hall–Kier alpha value is -2.17. The SMILES string of the molecule is CC(C)OC(=NCC1CCCCN1)c1cc(OCC(F)(F)F)ccc1OCC(F)(F)F. The van der Waals surface area contributed by atoms with Crippen LogP contribution in [0.1, 0.15) is 38.7 Å². The number of aliphatic imine (C=N–C) groups is 1. The van der Waals surface area contributed by atoms with Gasteiger partial charge in [0.2, 0.25) is 5.90 Å². The second kappa shape index (κ2) is 10.9. The molecule has 1 N–H and O–H groups in total. The summed E-state index contributed by atoms with van der Waals surface area (Å²) in [6, 6.07) is 3.44. The highest BCUT2D eigenvalue weighted by atomic mass is 19.4. The molecule has 176 valence electrons. The van der Waals surface area contributed by atoms with E-state index in [4.69, 9.17) is 14.2 Å². The molecule has 1 heterocycles. The molecule has 1 saturated heterocycles. The topological polar surface area (TPSA) is 52.1 Å². The van der Waals surface area contributed by atoms with Crippen LogP contribution in [0.3, 0.4) is 0 Å². The van der Waals surface area contributed by atoms with Gasteiger partial charge in [0.1, 0.15) is 11.5 Å². The van der Waals surface area contributed by atoms with E-state index < -0.39 is 25.6 Å². The minimum absolute atomic E-state index is 0.00608. The van der Waals surface area contributed by atoms with Crippen LogP contribution in [0.15, 0.2) is 23.2 Å². The van der Waals surface area contributed by atoms with E-state index in [1.807, 2.05) is 0 Å². The molecule has 11 heteroatoms. The van der Waals surface area contributed by atoms with Gasteiger partial charge in [-0.2, -0.15) is 26.3 Å². The standard InChI is InChI=1S/C20H26F6N2O3/c1-13(2)31-18(28-10-14-5-3-4-8-27-14)16-9-15(29-11-19(21,22)23)6-7-17(16)30-12-20(24,25)26/h6-7,9,13-14,27H,3-5,8,10-12H2,1-2H3. The van der Waals surface area contributed by atoms with Crippen LogP contribution in [0.4, 0.5) is 26.3 Å². The first kappa shape index (κ1) is 25.1. The van der Waals surface area contributed by atoms with Gasteiger partial charge in [-0.05, 0) is 51.4 Å². The van der Waals surface area contributed by atoms with Crippen LogP contribution in [0.2, 0.25) is 0 Å². The molecule has 2 rings (SSSR count). The van der Waals surface area contributed by atoms with E-state index in [2.05, 4.69) is 10.3 Å². The summed E-state index contributed by atoms with van der Waals surface area (Å²) < 4.78 is 90.8. The van der Waals surface area contributed by atoms with Crippen LogP contribution in [-0.2, 0) is 4.74 Å². The molecule has 1 aliphatic rings. The quantitative estimate of drug-likeness (QED) is 0.344. The van der Waals surface area contributed by atoms with Crippen LogP contribution < -0.4 is 14.8 Å². The van der Waals surface area contributed by atoms with Crippen molar-refractivity contribution < 1.29 is 40.6 Å². The van der Waals surface area contributed by atoms with E-state index in [1.54, 1.807) is 13.8 Å². The van der Waals surface area contributed by atoms with Gasteiger partial charge < -0.3 is 19.5 Å². The molecule has 0 aromatic heterocycles. The van der Waals surface area contributed by atoms with Gasteiger partial charge in [0.25, 0.3) is 0 Å². The fraction of sp³-hybridized carbons (Fsp3) is 0.650. The Labute approximate surface area is 176 Å². The van der Waals surface area contributed by atoms with Crippen molar-refractivity contribution in [2.24, 2.45) is 4.99 Å². The van der Waals surface area contributed by atoms with Crippen molar-refractivity contribution in [3.8, 4) is 11.5 Å². The lowest BCUT2D eigenvalue weighted by Gasteiger charge is -2.23. The molecule has 1 aliphatic heterocycles. The molecule has 1 aromatic rings. The third kappa shape index (κ3) is 9.67.